The van der Waals surface area contributed by atoms with Crippen LogP contribution in [0.15, 0.2) is 12.1 Å². The lowest BCUT2D eigenvalue weighted by molar-refractivity contribution is 0.347. The lowest BCUT2D eigenvalue weighted by Gasteiger charge is -2.27. The van der Waals surface area contributed by atoms with E-state index in [1.54, 1.807) is 13.1 Å². The molecule has 98 valence electrons. The van der Waals surface area contributed by atoms with Crippen molar-refractivity contribution < 1.29 is 4.39 Å². The number of benzene rings is 1. The molecule has 2 rings (SSSR count). The van der Waals surface area contributed by atoms with Gasteiger partial charge in [0.1, 0.15) is 5.82 Å². The van der Waals surface area contributed by atoms with Gasteiger partial charge in [-0.1, -0.05) is 19.8 Å². The van der Waals surface area contributed by atoms with Crippen LogP contribution < -0.4 is 5.32 Å². The molecule has 1 aliphatic rings. The van der Waals surface area contributed by atoms with E-state index in [1.807, 2.05) is 6.07 Å². The van der Waals surface area contributed by atoms with E-state index in [1.165, 1.54) is 19.1 Å². The standard InChI is InChI=1S/C15H21FN2/c1-10-3-5-11(6-4-10)12-7-13(9-17)15(18-2)14(16)8-12/h7-11,17-18H,3-6H2,1-2H3. The molecule has 3 heteroatoms. The number of hydrogen-bond donors (Lipinski definition) is 2. The monoisotopic (exact) mass is 248 g/mol. The molecule has 1 aromatic carbocycles. The molecule has 0 aliphatic heterocycles. The summed E-state index contributed by atoms with van der Waals surface area (Å²) in [6.45, 7) is 2.28. The van der Waals surface area contributed by atoms with Gasteiger partial charge in [-0.25, -0.2) is 4.39 Å². The van der Waals surface area contributed by atoms with Gasteiger partial charge in [-0.2, -0.15) is 0 Å². The maximum absolute atomic E-state index is 14.0. The van der Waals surface area contributed by atoms with Crippen LogP contribution in [0.2, 0.25) is 0 Å². The highest BCUT2D eigenvalue weighted by Crippen LogP contribution is 2.37. The summed E-state index contributed by atoms with van der Waals surface area (Å²) >= 11 is 0. The van der Waals surface area contributed by atoms with Gasteiger partial charge in [0.25, 0.3) is 0 Å². The minimum atomic E-state index is -0.243. The first-order valence-electron chi connectivity index (χ1n) is 6.67. The predicted octanol–water partition coefficient (Wildman–Crippen LogP) is 4.16. The Morgan fingerprint density at radius 2 is 1.94 bits per heavy atom. The van der Waals surface area contributed by atoms with Crippen molar-refractivity contribution in [2.24, 2.45) is 5.92 Å². The van der Waals surface area contributed by atoms with Crippen LogP contribution in [-0.4, -0.2) is 13.3 Å². The Morgan fingerprint density at radius 3 is 2.50 bits per heavy atom. The van der Waals surface area contributed by atoms with Crippen molar-refractivity contribution in [2.75, 3.05) is 12.4 Å². The van der Waals surface area contributed by atoms with Gasteiger partial charge >= 0.3 is 0 Å². The lowest BCUT2D eigenvalue weighted by Crippen LogP contribution is -2.12. The average molecular weight is 248 g/mol. The zero-order valence-corrected chi connectivity index (χ0v) is 11.1. The highest BCUT2D eigenvalue weighted by Gasteiger charge is 2.21. The van der Waals surface area contributed by atoms with E-state index in [4.69, 9.17) is 5.41 Å². The number of rotatable bonds is 3. The van der Waals surface area contributed by atoms with Gasteiger partial charge in [0.15, 0.2) is 0 Å². The number of hydrogen-bond acceptors (Lipinski definition) is 2. The number of anilines is 1. The molecule has 0 spiro atoms. The second-order valence-corrected chi connectivity index (χ2v) is 5.32. The molecular weight excluding hydrogens is 227 g/mol. The predicted molar refractivity (Wildman–Crippen MR) is 74.2 cm³/mol. The van der Waals surface area contributed by atoms with E-state index in [2.05, 4.69) is 12.2 Å². The fraction of sp³-hybridized carbons (Fsp3) is 0.533. The third kappa shape index (κ3) is 2.55. The second kappa shape index (κ2) is 5.51. The Hall–Kier alpha value is -1.38. The third-order valence-corrected chi connectivity index (χ3v) is 4.04. The van der Waals surface area contributed by atoms with Gasteiger partial charge in [-0.15, -0.1) is 0 Å². The Balaban J connectivity index is 2.29. The van der Waals surface area contributed by atoms with E-state index in [9.17, 15) is 4.39 Å². The summed E-state index contributed by atoms with van der Waals surface area (Å²) in [5.41, 5.74) is 2.13. The number of nitrogens with one attached hydrogen (secondary N) is 2. The average Bonchev–Trinajstić information content (AvgIpc) is 2.38. The normalized spacial score (nSPS) is 23.7. The van der Waals surface area contributed by atoms with E-state index in [0.29, 0.717) is 17.2 Å². The fourth-order valence-corrected chi connectivity index (χ4v) is 2.86. The minimum absolute atomic E-state index is 0.243. The summed E-state index contributed by atoms with van der Waals surface area (Å²) in [5, 5.41) is 10.2. The van der Waals surface area contributed by atoms with Crippen molar-refractivity contribution in [2.45, 2.75) is 38.5 Å². The van der Waals surface area contributed by atoms with Gasteiger partial charge < -0.3 is 10.7 Å². The summed E-state index contributed by atoms with van der Waals surface area (Å²) in [6, 6.07) is 3.60. The Morgan fingerprint density at radius 1 is 1.28 bits per heavy atom. The molecule has 0 radical (unpaired) electrons. The Kier molecular flexibility index (Phi) is 4.00. The zero-order chi connectivity index (χ0) is 13.1. The molecule has 0 amide bonds. The molecule has 0 aromatic heterocycles. The highest BCUT2D eigenvalue weighted by atomic mass is 19.1. The summed E-state index contributed by atoms with van der Waals surface area (Å²) < 4.78 is 14.0. The van der Waals surface area contributed by atoms with Crippen molar-refractivity contribution in [3.05, 3.63) is 29.1 Å². The largest absolute Gasteiger partial charge is 0.385 e. The first-order valence-corrected chi connectivity index (χ1v) is 6.67. The molecule has 2 nitrogen and oxygen atoms in total. The zero-order valence-electron chi connectivity index (χ0n) is 11.1. The third-order valence-electron chi connectivity index (χ3n) is 4.04. The van der Waals surface area contributed by atoms with Crippen LogP contribution in [0.25, 0.3) is 0 Å². The molecule has 2 N–H and O–H groups in total. The van der Waals surface area contributed by atoms with Gasteiger partial charge in [0.2, 0.25) is 0 Å². The molecule has 0 unspecified atom stereocenters. The maximum Gasteiger partial charge on any atom is 0.147 e. The van der Waals surface area contributed by atoms with Crippen molar-refractivity contribution in [3.63, 3.8) is 0 Å². The number of halogens is 1. The molecule has 1 saturated carbocycles. The fourth-order valence-electron chi connectivity index (χ4n) is 2.86. The van der Waals surface area contributed by atoms with Crippen molar-refractivity contribution in [1.29, 1.82) is 5.41 Å². The van der Waals surface area contributed by atoms with Crippen LogP contribution in [0, 0.1) is 17.1 Å². The molecule has 0 atom stereocenters. The van der Waals surface area contributed by atoms with Crippen LogP contribution in [0.5, 0.6) is 0 Å². The Bertz CT molecular complexity index is 434. The first kappa shape index (κ1) is 13.1. The van der Waals surface area contributed by atoms with E-state index in [0.717, 1.165) is 24.3 Å². The molecule has 0 bridgehead atoms. The smallest absolute Gasteiger partial charge is 0.147 e. The SMILES string of the molecule is CNc1c(F)cc(C2CCC(C)CC2)cc1C=N. The quantitative estimate of drug-likeness (QED) is 0.774. The summed E-state index contributed by atoms with van der Waals surface area (Å²) in [6.07, 6.45) is 5.94. The maximum atomic E-state index is 14.0. The molecule has 1 aliphatic carbocycles. The molecule has 18 heavy (non-hydrogen) atoms. The lowest BCUT2D eigenvalue weighted by atomic mass is 9.79. The summed E-state index contributed by atoms with van der Waals surface area (Å²) in [7, 11) is 1.69. The van der Waals surface area contributed by atoms with Crippen molar-refractivity contribution in [3.8, 4) is 0 Å². The molecular formula is C15H21FN2. The van der Waals surface area contributed by atoms with Crippen LogP contribution in [0.3, 0.4) is 0 Å². The molecule has 1 fully saturated rings. The molecule has 0 heterocycles. The second-order valence-electron chi connectivity index (χ2n) is 5.32. The van der Waals surface area contributed by atoms with Crippen LogP contribution in [0.4, 0.5) is 10.1 Å². The molecule has 0 saturated heterocycles. The first-order chi connectivity index (χ1) is 8.65. The van der Waals surface area contributed by atoms with Crippen LogP contribution in [0.1, 0.15) is 49.7 Å². The van der Waals surface area contributed by atoms with E-state index < -0.39 is 0 Å². The van der Waals surface area contributed by atoms with Gasteiger partial charge in [0, 0.05) is 18.8 Å². The van der Waals surface area contributed by atoms with E-state index in [-0.39, 0.29) is 5.82 Å². The van der Waals surface area contributed by atoms with Gasteiger partial charge in [-0.05, 0) is 42.4 Å². The van der Waals surface area contributed by atoms with Crippen molar-refractivity contribution in [1.82, 2.24) is 0 Å². The topological polar surface area (TPSA) is 35.9 Å². The van der Waals surface area contributed by atoms with E-state index >= 15 is 0 Å². The van der Waals surface area contributed by atoms with Crippen LogP contribution >= 0.6 is 0 Å². The minimum Gasteiger partial charge on any atom is -0.385 e. The Labute approximate surface area is 108 Å². The van der Waals surface area contributed by atoms with Crippen molar-refractivity contribution >= 4 is 11.9 Å². The van der Waals surface area contributed by atoms with Gasteiger partial charge in [-0.3, -0.25) is 0 Å². The molecule has 1 aromatic rings. The van der Waals surface area contributed by atoms with Gasteiger partial charge in [0.05, 0.1) is 5.69 Å². The van der Waals surface area contributed by atoms with Crippen LogP contribution in [-0.2, 0) is 0 Å². The summed E-state index contributed by atoms with van der Waals surface area (Å²) in [5.74, 6) is 1.01. The highest BCUT2D eigenvalue weighted by molar-refractivity contribution is 5.86. The summed E-state index contributed by atoms with van der Waals surface area (Å²) in [4.78, 5) is 0.